The van der Waals surface area contributed by atoms with Crippen molar-refractivity contribution in [3.8, 4) is 28.7 Å². The molecule has 3 aromatic rings. The second-order valence-electron chi connectivity index (χ2n) is 7.69. The number of rotatable bonds is 7. The summed E-state index contributed by atoms with van der Waals surface area (Å²) in [5.74, 6) is 2.79. The van der Waals surface area contributed by atoms with Gasteiger partial charge in [0.25, 0.3) is 5.91 Å². The van der Waals surface area contributed by atoms with Crippen LogP contribution in [0.3, 0.4) is 0 Å². The van der Waals surface area contributed by atoms with Gasteiger partial charge < -0.3 is 23.7 Å². The van der Waals surface area contributed by atoms with E-state index in [1.54, 1.807) is 43.8 Å². The average molecular weight is 481 g/mol. The van der Waals surface area contributed by atoms with Crippen molar-refractivity contribution < 1.29 is 28.5 Å². The molecule has 0 N–H and O–H groups in total. The van der Waals surface area contributed by atoms with Crippen LogP contribution in [-0.2, 0) is 4.79 Å². The van der Waals surface area contributed by atoms with Crippen molar-refractivity contribution in [2.45, 2.75) is 12.5 Å². The van der Waals surface area contributed by atoms with Crippen LogP contribution in [0.1, 0.15) is 22.9 Å². The smallest absolute Gasteiger partial charge is 0.281 e. The largest absolute Gasteiger partial charge is 0.493 e. The summed E-state index contributed by atoms with van der Waals surface area (Å²) < 4.78 is 27.8. The number of carbonyl (C=O) groups excluding carboxylic acids is 1. The minimum Gasteiger partial charge on any atom is -0.493 e. The van der Waals surface area contributed by atoms with E-state index in [1.165, 1.54) is 5.01 Å². The molecule has 0 spiro atoms. The van der Waals surface area contributed by atoms with Crippen LogP contribution in [0.25, 0.3) is 0 Å². The van der Waals surface area contributed by atoms with Gasteiger partial charge in [0.2, 0.25) is 0 Å². The van der Waals surface area contributed by atoms with E-state index in [0.29, 0.717) is 48.4 Å². The highest BCUT2D eigenvalue weighted by Gasteiger charge is 2.34. The van der Waals surface area contributed by atoms with Gasteiger partial charge in [-0.15, -0.1) is 11.3 Å². The van der Waals surface area contributed by atoms with Gasteiger partial charge in [-0.2, -0.15) is 5.10 Å². The molecule has 8 nitrogen and oxygen atoms in total. The fraction of sp³-hybridized carbons (Fsp3) is 0.280. The number of methoxy groups -OCH3 is 2. The molecule has 2 aliphatic rings. The van der Waals surface area contributed by atoms with Gasteiger partial charge >= 0.3 is 0 Å². The topological polar surface area (TPSA) is 78.8 Å². The summed E-state index contributed by atoms with van der Waals surface area (Å²) in [6.45, 7) is 0.837. The molecule has 176 valence electrons. The Balaban J connectivity index is 1.37. The van der Waals surface area contributed by atoms with Crippen LogP contribution >= 0.6 is 11.3 Å². The molecule has 34 heavy (non-hydrogen) atoms. The molecule has 2 aromatic carbocycles. The molecular weight excluding hydrogens is 456 g/mol. The number of fused-ring (bicyclic) bond motifs is 1. The van der Waals surface area contributed by atoms with Crippen molar-refractivity contribution in [1.82, 2.24) is 5.01 Å². The summed E-state index contributed by atoms with van der Waals surface area (Å²) in [6, 6.07) is 14.6. The predicted molar refractivity (Wildman–Crippen MR) is 128 cm³/mol. The summed E-state index contributed by atoms with van der Waals surface area (Å²) in [5, 5.41) is 8.19. The van der Waals surface area contributed by atoms with Gasteiger partial charge in [-0.3, -0.25) is 4.79 Å². The third-order valence-electron chi connectivity index (χ3n) is 5.64. The molecule has 0 saturated carbocycles. The molecule has 1 unspecified atom stereocenters. The van der Waals surface area contributed by atoms with E-state index in [-0.39, 0.29) is 18.6 Å². The third-order valence-corrected chi connectivity index (χ3v) is 6.56. The molecule has 1 aromatic heterocycles. The van der Waals surface area contributed by atoms with Crippen LogP contribution in [0, 0.1) is 0 Å². The van der Waals surface area contributed by atoms with E-state index in [9.17, 15) is 4.79 Å². The number of hydrogen-bond donors (Lipinski definition) is 0. The van der Waals surface area contributed by atoms with Gasteiger partial charge in [0.1, 0.15) is 19.0 Å². The molecule has 9 heteroatoms. The average Bonchev–Trinajstić information content (AvgIpc) is 3.57. The zero-order valence-electron chi connectivity index (χ0n) is 18.9. The predicted octanol–water partition coefficient (Wildman–Crippen LogP) is 4.29. The number of thiophene rings is 1. The van der Waals surface area contributed by atoms with Gasteiger partial charge in [-0.1, -0.05) is 12.1 Å². The van der Waals surface area contributed by atoms with Gasteiger partial charge in [-0.05, 0) is 41.3 Å². The lowest BCUT2D eigenvalue weighted by Gasteiger charge is -2.23. The minimum absolute atomic E-state index is 0.162. The van der Waals surface area contributed by atoms with Crippen molar-refractivity contribution in [3.63, 3.8) is 0 Å². The van der Waals surface area contributed by atoms with Crippen molar-refractivity contribution in [1.29, 1.82) is 0 Å². The molecule has 0 aliphatic carbocycles. The van der Waals surface area contributed by atoms with E-state index in [2.05, 4.69) is 5.10 Å². The first-order valence-corrected chi connectivity index (χ1v) is 11.7. The van der Waals surface area contributed by atoms with Crippen LogP contribution in [-0.4, -0.2) is 50.7 Å². The summed E-state index contributed by atoms with van der Waals surface area (Å²) in [4.78, 5) is 14.3. The fourth-order valence-electron chi connectivity index (χ4n) is 3.98. The van der Waals surface area contributed by atoms with Crippen LogP contribution < -0.4 is 23.7 Å². The Morgan fingerprint density at radius 3 is 2.65 bits per heavy atom. The minimum atomic E-state index is -0.284. The number of amides is 1. The molecule has 1 atom stereocenters. The van der Waals surface area contributed by atoms with Crippen molar-refractivity contribution in [2.24, 2.45) is 5.10 Å². The van der Waals surface area contributed by atoms with E-state index in [4.69, 9.17) is 23.7 Å². The number of carbonyl (C=O) groups is 1. The number of hydrazone groups is 1. The molecule has 5 rings (SSSR count). The lowest BCUT2D eigenvalue weighted by Crippen LogP contribution is -2.31. The first-order chi connectivity index (χ1) is 16.7. The Bertz CT molecular complexity index is 1210. The summed E-state index contributed by atoms with van der Waals surface area (Å²) >= 11 is 1.60. The first kappa shape index (κ1) is 22.1. The highest BCUT2D eigenvalue weighted by atomic mass is 32.1. The maximum absolute atomic E-state index is 13.3. The molecule has 0 bridgehead atoms. The van der Waals surface area contributed by atoms with Crippen LogP contribution in [0.2, 0.25) is 0 Å². The van der Waals surface area contributed by atoms with E-state index in [0.717, 1.165) is 16.2 Å². The maximum atomic E-state index is 13.3. The SMILES string of the molecule is COc1ccc(C2CC(c3cccs3)=NN2C(=O)COc2ccc3c(c2)OCCO3)cc1OC. The fourth-order valence-corrected chi connectivity index (χ4v) is 4.70. The standard InChI is InChI=1S/C25H24N2O6S/c1-29-20-7-5-16(12-22(20)30-2)19-14-18(24-4-3-11-34-24)26-27(19)25(28)15-33-17-6-8-21-23(13-17)32-10-9-31-21/h3-8,11-13,19H,9-10,14-15H2,1-2H3. The number of benzene rings is 2. The number of ether oxygens (including phenoxy) is 5. The summed E-state index contributed by atoms with van der Waals surface area (Å²) in [6.07, 6.45) is 0.589. The monoisotopic (exact) mass is 480 g/mol. The highest BCUT2D eigenvalue weighted by Crippen LogP contribution is 2.38. The summed E-state index contributed by atoms with van der Waals surface area (Å²) in [7, 11) is 3.18. The van der Waals surface area contributed by atoms with E-state index >= 15 is 0 Å². The molecular formula is C25H24N2O6S. The van der Waals surface area contributed by atoms with Crippen molar-refractivity contribution >= 4 is 23.0 Å². The zero-order chi connectivity index (χ0) is 23.5. The van der Waals surface area contributed by atoms with Crippen LogP contribution in [0.5, 0.6) is 28.7 Å². The molecule has 0 saturated heterocycles. The highest BCUT2D eigenvalue weighted by molar-refractivity contribution is 7.12. The second kappa shape index (κ2) is 9.64. The number of nitrogens with zero attached hydrogens (tertiary/aromatic N) is 2. The Hall–Kier alpha value is -3.72. The quantitative estimate of drug-likeness (QED) is 0.502. The van der Waals surface area contributed by atoms with Crippen LogP contribution in [0.15, 0.2) is 59.0 Å². The Labute approximate surface area is 201 Å². The maximum Gasteiger partial charge on any atom is 0.281 e. The van der Waals surface area contributed by atoms with E-state index in [1.807, 2.05) is 35.7 Å². The molecule has 0 radical (unpaired) electrons. The Morgan fingerprint density at radius 2 is 1.88 bits per heavy atom. The van der Waals surface area contributed by atoms with E-state index < -0.39 is 0 Å². The molecule has 0 fully saturated rings. The van der Waals surface area contributed by atoms with Crippen molar-refractivity contribution in [3.05, 3.63) is 64.4 Å². The third kappa shape index (κ3) is 4.38. The van der Waals surface area contributed by atoms with Crippen LogP contribution in [0.4, 0.5) is 0 Å². The van der Waals surface area contributed by atoms with Gasteiger partial charge in [0.05, 0.1) is 30.9 Å². The Kier molecular flexibility index (Phi) is 6.27. The second-order valence-corrected chi connectivity index (χ2v) is 8.64. The van der Waals surface area contributed by atoms with Gasteiger partial charge in [0, 0.05) is 12.5 Å². The normalized spacial score (nSPS) is 16.7. The number of hydrogen-bond acceptors (Lipinski definition) is 8. The van der Waals surface area contributed by atoms with Gasteiger partial charge in [-0.25, -0.2) is 5.01 Å². The molecule has 2 aliphatic heterocycles. The summed E-state index contributed by atoms with van der Waals surface area (Å²) in [5.41, 5.74) is 1.77. The lowest BCUT2D eigenvalue weighted by molar-refractivity contribution is -0.135. The van der Waals surface area contributed by atoms with Gasteiger partial charge in [0.15, 0.2) is 29.6 Å². The van der Waals surface area contributed by atoms with Crippen molar-refractivity contribution in [2.75, 3.05) is 34.0 Å². The Morgan fingerprint density at radius 1 is 1.06 bits per heavy atom. The lowest BCUT2D eigenvalue weighted by atomic mass is 10.0. The molecule has 1 amide bonds. The zero-order valence-corrected chi connectivity index (χ0v) is 19.7. The molecule has 3 heterocycles. The first-order valence-electron chi connectivity index (χ1n) is 10.8.